The summed E-state index contributed by atoms with van der Waals surface area (Å²) in [5, 5.41) is 8.34. The Kier molecular flexibility index (Phi) is 4.41. The van der Waals surface area contributed by atoms with Crippen molar-refractivity contribution in [3.05, 3.63) is 5.82 Å². The Morgan fingerprint density at radius 1 is 1.60 bits per heavy atom. The van der Waals surface area contributed by atoms with Crippen LogP contribution in [-0.4, -0.2) is 33.7 Å². The predicted molar refractivity (Wildman–Crippen MR) is 56.9 cm³/mol. The molecule has 1 heterocycles. The van der Waals surface area contributed by atoms with Crippen molar-refractivity contribution >= 4 is 17.7 Å². The quantitative estimate of drug-likeness (QED) is 0.442. The fourth-order valence-corrected chi connectivity index (χ4v) is 1.69. The summed E-state index contributed by atoms with van der Waals surface area (Å²) in [6, 6.07) is 0. The molecular formula is C8H14N4O2S. The minimum absolute atomic E-state index is 0.192. The second-order valence-electron chi connectivity index (χ2n) is 2.88. The van der Waals surface area contributed by atoms with E-state index in [1.165, 1.54) is 23.5 Å². The third-order valence-electron chi connectivity index (χ3n) is 1.76. The van der Waals surface area contributed by atoms with Gasteiger partial charge in [-0.05, 0) is 6.42 Å². The Bertz CT molecular complexity index is 339. The van der Waals surface area contributed by atoms with E-state index >= 15 is 0 Å². The van der Waals surface area contributed by atoms with Crippen LogP contribution < -0.4 is 5.84 Å². The summed E-state index contributed by atoms with van der Waals surface area (Å²) < 4.78 is 5.92. The first-order chi connectivity index (χ1) is 7.19. The summed E-state index contributed by atoms with van der Waals surface area (Å²) in [6.07, 6.45) is 1.74. The zero-order chi connectivity index (χ0) is 11.3. The summed E-state index contributed by atoms with van der Waals surface area (Å²) >= 11 is 1.22. The monoisotopic (exact) mass is 230 g/mol. The molecule has 7 heteroatoms. The molecule has 15 heavy (non-hydrogen) atoms. The van der Waals surface area contributed by atoms with Gasteiger partial charge in [0.15, 0.2) is 5.82 Å². The molecule has 2 N–H and O–H groups in total. The second kappa shape index (κ2) is 5.59. The number of aromatic nitrogens is 3. The highest BCUT2D eigenvalue weighted by atomic mass is 32.2. The normalized spacial score (nSPS) is 10.3. The largest absolute Gasteiger partial charge is 0.468 e. The maximum atomic E-state index is 10.9. The minimum atomic E-state index is -0.306. The number of nitrogen functional groups attached to an aromatic ring is 1. The molecule has 0 saturated carbocycles. The van der Waals surface area contributed by atoms with Gasteiger partial charge in [-0.1, -0.05) is 18.7 Å². The number of methoxy groups -OCH3 is 1. The van der Waals surface area contributed by atoms with E-state index < -0.39 is 0 Å². The zero-order valence-electron chi connectivity index (χ0n) is 8.77. The van der Waals surface area contributed by atoms with Crippen LogP contribution in [0, 0.1) is 0 Å². The van der Waals surface area contributed by atoms with E-state index in [1.54, 1.807) is 0 Å². The van der Waals surface area contributed by atoms with E-state index in [-0.39, 0.29) is 11.7 Å². The number of carbonyl (C=O) groups excluding carboxylic acids is 1. The van der Waals surface area contributed by atoms with E-state index in [4.69, 9.17) is 5.84 Å². The van der Waals surface area contributed by atoms with E-state index in [9.17, 15) is 4.79 Å². The van der Waals surface area contributed by atoms with Crippen LogP contribution in [0.2, 0.25) is 0 Å². The van der Waals surface area contributed by atoms with Gasteiger partial charge in [-0.2, -0.15) is 0 Å². The molecule has 0 fully saturated rings. The standard InChI is InChI=1S/C8H14N4O2S/c1-3-4-6-10-11-8(12(6)9)15-5-7(13)14-2/h3-5,9H2,1-2H3. The number of carbonyl (C=O) groups is 1. The molecule has 0 atom stereocenters. The topological polar surface area (TPSA) is 83.0 Å². The average molecular weight is 230 g/mol. The van der Waals surface area contributed by atoms with Gasteiger partial charge in [-0.15, -0.1) is 10.2 Å². The lowest BCUT2D eigenvalue weighted by Gasteiger charge is -2.01. The number of rotatable bonds is 5. The highest BCUT2D eigenvalue weighted by Gasteiger charge is 2.11. The molecule has 0 aromatic carbocycles. The number of aryl methyl sites for hydroxylation is 1. The van der Waals surface area contributed by atoms with E-state index in [1.807, 2.05) is 6.92 Å². The lowest BCUT2D eigenvalue weighted by molar-refractivity contribution is -0.137. The molecule has 84 valence electrons. The number of hydrogen-bond acceptors (Lipinski definition) is 6. The Balaban J connectivity index is 2.58. The maximum absolute atomic E-state index is 10.9. The molecule has 0 aliphatic carbocycles. The van der Waals surface area contributed by atoms with Gasteiger partial charge in [0.1, 0.15) is 0 Å². The molecule has 0 saturated heterocycles. The summed E-state index contributed by atoms with van der Waals surface area (Å²) in [6.45, 7) is 2.04. The molecule has 6 nitrogen and oxygen atoms in total. The molecule has 1 rings (SSSR count). The van der Waals surface area contributed by atoms with Gasteiger partial charge < -0.3 is 10.6 Å². The smallest absolute Gasteiger partial charge is 0.316 e. The van der Waals surface area contributed by atoms with Crippen LogP contribution in [0.3, 0.4) is 0 Å². The predicted octanol–water partition coefficient (Wildman–Crippen LogP) is 0.210. The van der Waals surface area contributed by atoms with Gasteiger partial charge in [-0.25, -0.2) is 4.68 Å². The number of ether oxygens (including phenoxy) is 1. The van der Waals surface area contributed by atoms with Crippen LogP contribution in [0.25, 0.3) is 0 Å². The highest BCUT2D eigenvalue weighted by molar-refractivity contribution is 7.99. The average Bonchev–Trinajstić information content (AvgIpc) is 2.58. The van der Waals surface area contributed by atoms with Gasteiger partial charge in [0.25, 0.3) is 0 Å². The Morgan fingerprint density at radius 3 is 2.93 bits per heavy atom. The van der Waals surface area contributed by atoms with E-state index in [0.717, 1.165) is 18.7 Å². The van der Waals surface area contributed by atoms with Crippen LogP contribution in [0.5, 0.6) is 0 Å². The lowest BCUT2D eigenvalue weighted by Crippen LogP contribution is -2.14. The fourth-order valence-electron chi connectivity index (χ4n) is 0.982. The molecule has 0 bridgehead atoms. The molecule has 1 aromatic heterocycles. The van der Waals surface area contributed by atoms with Crippen molar-refractivity contribution in [3.63, 3.8) is 0 Å². The molecule has 0 aliphatic heterocycles. The maximum Gasteiger partial charge on any atom is 0.316 e. The van der Waals surface area contributed by atoms with Crippen molar-refractivity contribution < 1.29 is 9.53 Å². The fraction of sp³-hybridized carbons (Fsp3) is 0.625. The van der Waals surface area contributed by atoms with Crippen LogP contribution in [0.4, 0.5) is 0 Å². The summed E-state index contributed by atoms with van der Waals surface area (Å²) in [5.41, 5.74) is 0. The third kappa shape index (κ3) is 3.12. The molecule has 0 aliphatic rings. The first kappa shape index (κ1) is 11.8. The van der Waals surface area contributed by atoms with Crippen molar-refractivity contribution in [3.8, 4) is 0 Å². The van der Waals surface area contributed by atoms with Crippen molar-refractivity contribution in [1.29, 1.82) is 0 Å². The number of thioether (sulfide) groups is 1. The Labute approximate surface area is 92.2 Å². The summed E-state index contributed by atoms with van der Waals surface area (Å²) in [4.78, 5) is 10.9. The molecule has 0 unspecified atom stereocenters. The molecular weight excluding hydrogens is 216 g/mol. The highest BCUT2D eigenvalue weighted by Crippen LogP contribution is 2.14. The van der Waals surface area contributed by atoms with Gasteiger partial charge >= 0.3 is 5.97 Å². The summed E-state index contributed by atoms with van der Waals surface area (Å²) in [7, 11) is 1.35. The zero-order valence-corrected chi connectivity index (χ0v) is 9.58. The van der Waals surface area contributed by atoms with Crippen molar-refractivity contribution in [2.45, 2.75) is 24.9 Å². The number of hydrogen-bond donors (Lipinski definition) is 1. The van der Waals surface area contributed by atoms with Crippen molar-refractivity contribution in [2.24, 2.45) is 0 Å². The van der Waals surface area contributed by atoms with E-state index in [2.05, 4.69) is 14.9 Å². The number of esters is 1. The minimum Gasteiger partial charge on any atom is -0.468 e. The van der Waals surface area contributed by atoms with Crippen molar-refractivity contribution in [1.82, 2.24) is 14.9 Å². The van der Waals surface area contributed by atoms with Crippen molar-refractivity contribution in [2.75, 3.05) is 18.7 Å². The van der Waals surface area contributed by atoms with Crippen LogP contribution in [-0.2, 0) is 16.0 Å². The first-order valence-corrected chi connectivity index (χ1v) is 5.56. The molecule has 0 amide bonds. The SMILES string of the molecule is CCCc1nnc(SCC(=O)OC)n1N. The second-order valence-corrected chi connectivity index (χ2v) is 3.83. The number of nitrogens with two attached hydrogens (primary N) is 1. The number of nitrogens with zero attached hydrogens (tertiary/aromatic N) is 3. The van der Waals surface area contributed by atoms with E-state index in [0.29, 0.717) is 5.16 Å². The molecule has 0 radical (unpaired) electrons. The van der Waals surface area contributed by atoms with Crippen LogP contribution in [0.15, 0.2) is 5.16 Å². The third-order valence-corrected chi connectivity index (χ3v) is 2.67. The van der Waals surface area contributed by atoms with Crippen LogP contribution >= 0.6 is 11.8 Å². The molecule has 0 spiro atoms. The summed E-state index contributed by atoms with van der Waals surface area (Å²) in [5.74, 6) is 6.35. The van der Waals surface area contributed by atoms with Gasteiger partial charge in [0.2, 0.25) is 5.16 Å². The van der Waals surface area contributed by atoms with Gasteiger partial charge in [0.05, 0.1) is 12.9 Å². The lowest BCUT2D eigenvalue weighted by atomic mass is 10.3. The Morgan fingerprint density at radius 2 is 2.33 bits per heavy atom. The Hall–Kier alpha value is -1.24. The van der Waals surface area contributed by atoms with Gasteiger partial charge in [-0.3, -0.25) is 4.79 Å². The molecule has 1 aromatic rings. The first-order valence-electron chi connectivity index (χ1n) is 4.58. The van der Waals surface area contributed by atoms with Gasteiger partial charge in [0, 0.05) is 6.42 Å². The van der Waals surface area contributed by atoms with Crippen LogP contribution in [0.1, 0.15) is 19.2 Å².